The molecule has 1 aromatic heterocycles. The third-order valence-electron chi connectivity index (χ3n) is 8.54. The van der Waals surface area contributed by atoms with E-state index in [0.29, 0.717) is 18.4 Å². The van der Waals surface area contributed by atoms with Crippen LogP contribution in [0.1, 0.15) is 58.2 Å². The highest BCUT2D eigenvalue weighted by Gasteiger charge is 2.48. The second-order valence-electron chi connectivity index (χ2n) is 11.2. The predicted octanol–water partition coefficient (Wildman–Crippen LogP) is 3.83. The SMILES string of the molecule is CC1CCCC2CNC3Cn4cc(C(=O)NCc5ccc(F)cc5F)c(=O)c(OCc5ccccc5)c4C(=O)N3C12. The molecule has 0 spiro atoms. The maximum absolute atomic E-state index is 14.2. The summed E-state index contributed by atoms with van der Waals surface area (Å²) in [6, 6.07) is 12.4. The largest absolute Gasteiger partial charge is 0.483 e. The lowest BCUT2D eigenvalue weighted by Crippen LogP contribution is -2.68. The van der Waals surface area contributed by atoms with Crippen LogP contribution in [0.25, 0.3) is 0 Å². The Kier molecular flexibility index (Phi) is 7.33. The number of hydrogen-bond acceptors (Lipinski definition) is 5. The molecule has 1 saturated carbocycles. The van der Waals surface area contributed by atoms with Crippen molar-refractivity contribution in [3.63, 3.8) is 0 Å². The van der Waals surface area contributed by atoms with Crippen LogP contribution in [0.4, 0.5) is 8.78 Å². The molecule has 4 unspecified atom stereocenters. The van der Waals surface area contributed by atoms with Gasteiger partial charge in [-0.05, 0) is 36.3 Å². The minimum absolute atomic E-state index is 0.0341. The first kappa shape index (κ1) is 27.1. The van der Waals surface area contributed by atoms with E-state index in [2.05, 4.69) is 17.6 Å². The second-order valence-corrected chi connectivity index (χ2v) is 11.2. The van der Waals surface area contributed by atoms with Crippen LogP contribution < -0.4 is 20.8 Å². The molecular weight excluding hydrogens is 530 g/mol. The minimum atomic E-state index is -0.802. The van der Waals surface area contributed by atoms with Crippen molar-refractivity contribution in [1.29, 1.82) is 0 Å². The first-order chi connectivity index (χ1) is 19.8. The van der Waals surface area contributed by atoms with Gasteiger partial charge in [0.05, 0.1) is 6.54 Å². The monoisotopic (exact) mass is 562 g/mol. The van der Waals surface area contributed by atoms with Gasteiger partial charge in [-0.1, -0.05) is 49.7 Å². The maximum Gasteiger partial charge on any atom is 0.276 e. The van der Waals surface area contributed by atoms with Crippen LogP contribution >= 0.6 is 0 Å². The van der Waals surface area contributed by atoms with Crippen molar-refractivity contribution in [3.8, 4) is 5.75 Å². The van der Waals surface area contributed by atoms with Gasteiger partial charge in [-0.25, -0.2) is 8.78 Å². The molecule has 2 amide bonds. The number of carbonyl (C=O) groups excluding carboxylic acids is 2. The molecule has 3 heterocycles. The molecule has 214 valence electrons. The number of nitrogens with zero attached hydrogens (tertiary/aromatic N) is 2. The molecule has 2 fully saturated rings. The number of amides is 2. The van der Waals surface area contributed by atoms with Crippen LogP contribution in [0.5, 0.6) is 5.75 Å². The molecule has 41 heavy (non-hydrogen) atoms. The number of pyridine rings is 1. The molecule has 2 aromatic carbocycles. The number of aromatic nitrogens is 1. The Hall–Kier alpha value is -4.05. The zero-order valence-corrected chi connectivity index (χ0v) is 22.7. The number of benzene rings is 2. The molecule has 8 nitrogen and oxygen atoms in total. The van der Waals surface area contributed by atoms with Crippen molar-refractivity contribution in [3.05, 3.63) is 99.0 Å². The second kappa shape index (κ2) is 11.1. The Morgan fingerprint density at radius 3 is 2.71 bits per heavy atom. The zero-order valence-electron chi connectivity index (χ0n) is 22.7. The molecule has 0 radical (unpaired) electrons. The Bertz CT molecular complexity index is 1540. The summed E-state index contributed by atoms with van der Waals surface area (Å²) in [7, 11) is 0. The number of nitrogens with one attached hydrogen (secondary N) is 2. The Labute approximate surface area is 236 Å². The Balaban J connectivity index is 1.36. The van der Waals surface area contributed by atoms with Crippen molar-refractivity contribution < 1.29 is 23.1 Å². The van der Waals surface area contributed by atoms with Crippen molar-refractivity contribution >= 4 is 11.8 Å². The number of fused-ring (bicyclic) bond motifs is 4. The lowest BCUT2D eigenvalue weighted by molar-refractivity contribution is -0.0218. The van der Waals surface area contributed by atoms with E-state index in [9.17, 15) is 23.2 Å². The molecule has 6 rings (SSSR count). The number of carbonyl (C=O) groups is 2. The highest BCUT2D eigenvalue weighted by molar-refractivity contribution is 5.99. The van der Waals surface area contributed by atoms with Gasteiger partial charge in [0.15, 0.2) is 11.4 Å². The summed E-state index contributed by atoms with van der Waals surface area (Å²) in [5.41, 5.74) is 0.0684. The topological polar surface area (TPSA) is 92.7 Å². The number of rotatable bonds is 6. The maximum atomic E-state index is 14.2. The standard InChI is InChI=1S/C31H32F2N4O4/c1-18-6-5-9-21-14-34-25-16-36-15-23(30(39)35-13-20-10-11-22(32)12-24(20)33)28(38)29(27(36)31(40)37(25)26(18)21)41-17-19-7-3-2-4-8-19/h2-4,7-8,10-12,15,18,21,25-26,34H,5-6,9,13-14,16-17H2,1H3,(H,35,39). The fraction of sp³-hybridized carbons (Fsp3) is 0.387. The van der Waals surface area contributed by atoms with Gasteiger partial charge < -0.3 is 19.5 Å². The van der Waals surface area contributed by atoms with E-state index in [1.54, 1.807) is 4.57 Å². The van der Waals surface area contributed by atoms with Gasteiger partial charge in [0, 0.05) is 37.0 Å². The zero-order chi connectivity index (χ0) is 28.7. The van der Waals surface area contributed by atoms with Crippen molar-refractivity contribution in [2.75, 3.05) is 6.54 Å². The molecule has 3 aliphatic rings. The number of ether oxygens (including phenoxy) is 1. The van der Waals surface area contributed by atoms with E-state index < -0.39 is 23.0 Å². The fourth-order valence-corrected chi connectivity index (χ4v) is 6.53. The van der Waals surface area contributed by atoms with E-state index in [-0.39, 0.29) is 53.8 Å². The summed E-state index contributed by atoms with van der Waals surface area (Å²) < 4.78 is 35.1. The van der Waals surface area contributed by atoms with Crippen LogP contribution in [0.2, 0.25) is 0 Å². The van der Waals surface area contributed by atoms with Crippen molar-refractivity contribution in [2.45, 2.75) is 58.1 Å². The Morgan fingerprint density at radius 1 is 1.12 bits per heavy atom. The summed E-state index contributed by atoms with van der Waals surface area (Å²) >= 11 is 0. The molecule has 2 aliphatic heterocycles. The molecular formula is C31H32F2N4O4. The van der Waals surface area contributed by atoms with Gasteiger partial charge in [0.1, 0.15) is 30.0 Å². The molecule has 1 aliphatic carbocycles. The summed E-state index contributed by atoms with van der Waals surface area (Å²) in [6.07, 6.45) is 4.30. The van der Waals surface area contributed by atoms with Crippen LogP contribution in [-0.4, -0.2) is 40.0 Å². The van der Waals surface area contributed by atoms with Gasteiger partial charge in [0.25, 0.3) is 11.8 Å². The molecule has 10 heteroatoms. The first-order valence-corrected chi connectivity index (χ1v) is 14.0. The van der Waals surface area contributed by atoms with Crippen LogP contribution in [0.3, 0.4) is 0 Å². The number of halogens is 2. The smallest absolute Gasteiger partial charge is 0.276 e. The van der Waals surface area contributed by atoms with E-state index >= 15 is 0 Å². The predicted molar refractivity (Wildman–Crippen MR) is 147 cm³/mol. The fourth-order valence-electron chi connectivity index (χ4n) is 6.53. The molecule has 2 N–H and O–H groups in total. The summed E-state index contributed by atoms with van der Waals surface area (Å²) in [5, 5.41) is 6.06. The first-order valence-electron chi connectivity index (χ1n) is 14.0. The molecule has 3 aromatic rings. The molecule has 1 saturated heterocycles. The van der Waals surface area contributed by atoms with E-state index in [1.807, 2.05) is 35.2 Å². The highest BCUT2D eigenvalue weighted by atomic mass is 19.1. The third-order valence-corrected chi connectivity index (χ3v) is 8.54. The normalized spacial score (nSPS) is 23.3. The number of hydrogen-bond donors (Lipinski definition) is 2. The summed E-state index contributed by atoms with van der Waals surface area (Å²) in [6.45, 7) is 3.10. The van der Waals surface area contributed by atoms with E-state index in [4.69, 9.17) is 4.74 Å². The van der Waals surface area contributed by atoms with E-state index in [0.717, 1.165) is 43.5 Å². The third kappa shape index (κ3) is 5.12. The van der Waals surface area contributed by atoms with E-state index in [1.165, 1.54) is 12.3 Å². The quantitative estimate of drug-likeness (QED) is 0.477. The average molecular weight is 563 g/mol. The highest BCUT2D eigenvalue weighted by Crippen LogP contribution is 2.39. The molecule has 4 atom stereocenters. The summed E-state index contributed by atoms with van der Waals surface area (Å²) in [4.78, 5) is 43.1. The van der Waals surface area contributed by atoms with Gasteiger partial charge >= 0.3 is 0 Å². The molecule has 0 bridgehead atoms. The van der Waals surface area contributed by atoms with Crippen LogP contribution in [-0.2, 0) is 19.7 Å². The summed E-state index contributed by atoms with van der Waals surface area (Å²) in [5.74, 6) is -2.08. The lowest BCUT2D eigenvalue weighted by Gasteiger charge is -2.53. The van der Waals surface area contributed by atoms with Gasteiger partial charge in [-0.15, -0.1) is 0 Å². The van der Waals surface area contributed by atoms with Crippen LogP contribution in [0.15, 0.2) is 59.5 Å². The lowest BCUT2D eigenvalue weighted by atomic mass is 9.75. The average Bonchev–Trinajstić information content (AvgIpc) is 2.96. The van der Waals surface area contributed by atoms with Crippen molar-refractivity contribution in [1.82, 2.24) is 20.1 Å². The van der Waals surface area contributed by atoms with Gasteiger partial charge in [-0.3, -0.25) is 19.7 Å². The van der Waals surface area contributed by atoms with Gasteiger partial charge in [-0.2, -0.15) is 0 Å². The Morgan fingerprint density at radius 2 is 1.93 bits per heavy atom. The minimum Gasteiger partial charge on any atom is -0.483 e. The van der Waals surface area contributed by atoms with Gasteiger partial charge in [0.2, 0.25) is 5.43 Å². The van der Waals surface area contributed by atoms with Crippen LogP contribution in [0, 0.1) is 23.5 Å². The van der Waals surface area contributed by atoms with Crippen molar-refractivity contribution in [2.24, 2.45) is 11.8 Å².